The Bertz CT molecular complexity index is 379. The van der Waals surface area contributed by atoms with Crippen molar-refractivity contribution in [2.75, 3.05) is 6.54 Å². The monoisotopic (exact) mass is 162 g/mol. The summed E-state index contributed by atoms with van der Waals surface area (Å²) in [5, 5.41) is 0. The zero-order valence-electron chi connectivity index (χ0n) is 6.62. The molecule has 2 heterocycles. The van der Waals surface area contributed by atoms with E-state index in [-0.39, 0.29) is 0 Å². The van der Waals surface area contributed by atoms with Gasteiger partial charge in [-0.3, -0.25) is 0 Å². The Balaban J connectivity index is 2.57. The van der Waals surface area contributed by atoms with Crippen LogP contribution < -0.4 is 5.73 Å². The van der Waals surface area contributed by atoms with Gasteiger partial charge in [0.1, 0.15) is 0 Å². The summed E-state index contributed by atoms with van der Waals surface area (Å²) in [6.07, 6.45) is 4.27. The standard InChI is InChI=1S/C8H10N4/c9-3-1-6-2-4-10-8-7(6)11-5-12-8/h2,4-5H,1,3,9H2,(H,10,11,12). The lowest BCUT2D eigenvalue weighted by molar-refractivity contribution is 0.972. The van der Waals surface area contributed by atoms with Gasteiger partial charge in [0.15, 0.2) is 5.65 Å². The highest BCUT2D eigenvalue weighted by atomic mass is 14.9. The fourth-order valence-corrected chi connectivity index (χ4v) is 1.27. The molecule has 4 nitrogen and oxygen atoms in total. The third-order valence-electron chi connectivity index (χ3n) is 1.83. The van der Waals surface area contributed by atoms with Gasteiger partial charge in [0.05, 0.1) is 11.8 Å². The molecule has 4 heteroatoms. The molecule has 0 saturated heterocycles. The maximum absolute atomic E-state index is 5.47. The highest BCUT2D eigenvalue weighted by Gasteiger charge is 2.01. The van der Waals surface area contributed by atoms with E-state index in [2.05, 4.69) is 15.0 Å². The predicted octanol–water partition coefficient (Wildman–Crippen LogP) is 0.459. The number of rotatable bonds is 2. The summed E-state index contributed by atoms with van der Waals surface area (Å²) in [7, 11) is 0. The highest BCUT2D eigenvalue weighted by Crippen LogP contribution is 2.11. The van der Waals surface area contributed by atoms with Gasteiger partial charge in [-0.25, -0.2) is 9.97 Å². The molecule has 0 bridgehead atoms. The van der Waals surface area contributed by atoms with Crippen LogP contribution in [0.5, 0.6) is 0 Å². The second-order valence-electron chi connectivity index (χ2n) is 2.61. The number of nitrogens with two attached hydrogens (primary N) is 1. The fraction of sp³-hybridized carbons (Fsp3) is 0.250. The van der Waals surface area contributed by atoms with Crippen LogP contribution in [0.3, 0.4) is 0 Å². The van der Waals surface area contributed by atoms with Crippen LogP contribution in [-0.4, -0.2) is 21.5 Å². The lowest BCUT2D eigenvalue weighted by Crippen LogP contribution is -2.03. The van der Waals surface area contributed by atoms with Crippen molar-refractivity contribution in [1.29, 1.82) is 0 Å². The molecule has 0 atom stereocenters. The summed E-state index contributed by atoms with van der Waals surface area (Å²) in [6.45, 7) is 0.651. The van der Waals surface area contributed by atoms with Crippen molar-refractivity contribution in [2.45, 2.75) is 6.42 Å². The summed E-state index contributed by atoms with van der Waals surface area (Å²) in [5.74, 6) is 0. The number of hydrogen-bond acceptors (Lipinski definition) is 3. The van der Waals surface area contributed by atoms with Crippen molar-refractivity contribution >= 4 is 11.2 Å². The number of nitrogens with zero attached hydrogens (tertiary/aromatic N) is 2. The Hall–Kier alpha value is -1.42. The number of nitrogens with one attached hydrogen (secondary N) is 1. The van der Waals surface area contributed by atoms with E-state index in [4.69, 9.17) is 5.73 Å². The first kappa shape index (κ1) is 7.24. The van der Waals surface area contributed by atoms with E-state index in [0.717, 1.165) is 17.6 Å². The lowest BCUT2D eigenvalue weighted by Gasteiger charge is -1.97. The van der Waals surface area contributed by atoms with Gasteiger partial charge >= 0.3 is 0 Å². The normalized spacial score (nSPS) is 10.8. The van der Waals surface area contributed by atoms with E-state index in [9.17, 15) is 0 Å². The molecular weight excluding hydrogens is 152 g/mol. The molecule has 0 amide bonds. The van der Waals surface area contributed by atoms with E-state index >= 15 is 0 Å². The summed E-state index contributed by atoms with van der Waals surface area (Å²) in [5.41, 5.74) is 8.41. The third kappa shape index (κ3) is 1.06. The summed E-state index contributed by atoms with van der Waals surface area (Å²) in [6, 6.07) is 1.97. The van der Waals surface area contributed by atoms with Crippen LogP contribution in [0.1, 0.15) is 5.56 Å². The molecular formula is C8H10N4. The van der Waals surface area contributed by atoms with E-state index in [1.54, 1.807) is 12.5 Å². The van der Waals surface area contributed by atoms with Crippen molar-refractivity contribution in [1.82, 2.24) is 15.0 Å². The topological polar surface area (TPSA) is 67.6 Å². The molecule has 12 heavy (non-hydrogen) atoms. The molecule has 0 aliphatic carbocycles. The van der Waals surface area contributed by atoms with Gasteiger partial charge < -0.3 is 10.7 Å². The summed E-state index contributed by atoms with van der Waals surface area (Å²) < 4.78 is 0. The van der Waals surface area contributed by atoms with Gasteiger partial charge in [0.2, 0.25) is 0 Å². The Kier molecular flexibility index (Phi) is 1.75. The van der Waals surface area contributed by atoms with Crippen LogP contribution >= 0.6 is 0 Å². The molecule has 62 valence electrons. The van der Waals surface area contributed by atoms with Crippen LogP contribution in [0.25, 0.3) is 11.2 Å². The van der Waals surface area contributed by atoms with Crippen molar-refractivity contribution in [2.24, 2.45) is 5.73 Å². The van der Waals surface area contributed by atoms with Gasteiger partial charge in [-0.15, -0.1) is 0 Å². The number of fused-ring (bicyclic) bond motifs is 1. The fourth-order valence-electron chi connectivity index (χ4n) is 1.27. The Morgan fingerprint density at radius 2 is 2.33 bits per heavy atom. The summed E-state index contributed by atoms with van der Waals surface area (Å²) in [4.78, 5) is 11.2. The first-order chi connectivity index (χ1) is 5.92. The quantitative estimate of drug-likeness (QED) is 0.674. The first-order valence-electron chi connectivity index (χ1n) is 3.89. The molecule has 0 aliphatic heterocycles. The van der Waals surface area contributed by atoms with Crippen LogP contribution in [0.2, 0.25) is 0 Å². The minimum atomic E-state index is 0.651. The van der Waals surface area contributed by atoms with E-state index in [1.807, 2.05) is 6.07 Å². The number of aromatic nitrogens is 3. The Labute approximate surface area is 69.8 Å². The van der Waals surface area contributed by atoms with Gasteiger partial charge in [-0.05, 0) is 24.6 Å². The number of imidazole rings is 1. The maximum Gasteiger partial charge on any atom is 0.177 e. The van der Waals surface area contributed by atoms with Gasteiger partial charge in [0, 0.05) is 6.20 Å². The average molecular weight is 162 g/mol. The average Bonchev–Trinajstić information content (AvgIpc) is 2.53. The molecule has 3 N–H and O–H groups in total. The van der Waals surface area contributed by atoms with E-state index in [1.165, 1.54) is 5.56 Å². The smallest absolute Gasteiger partial charge is 0.177 e. The molecule has 0 fully saturated rings. The van der Waals surface area contributed by atoms with Crippen LogP contribution in [0.15, 0.2) is 18.6 Å². The van der Waals surface area contributed by atoms with Crippen LogP contribution in [0.4, 0.5) is 0 Å². The van der Waals surface area contributed by atoms with Crippen molar-refractivity contribution < 1.29 is 0 Å². The van der Waals surface area contributed by atoms with Crippen molar-refractivity contribution in [3.05, 3.63) is 24.2 Å². The number of pyridine rings is 1. The van der Waals surface area contributed by atoms with Gasteiger partial charge in [0.25, 0.3) is 0 Å². The second kappa shape index (κ2) is 2.91. The predicted molar refractivity (Wildman–Crippen MR) is 46.6 cm³/mol. The molecule has 0 unspecified atom stereocenters. The van der Waals surface area contributed by atoms with Crippen LogP contribution in [0, 0.1) is 0 Å². The zero-order valence-corrected chi connectivity index (χ0v) is 6.62. The Morgan fingerprint density at radius 3 is 3.17 bits per heavy atom. The molecule has 0 saturated carbocycles. The van der Waals surface area contributed by atoms with Crippen molar-refractivity contribution in [3.8, 4) is 0 Å². The molecule has 2 rings (SSSR count). The largest absolute Gasteiger partial charge is 0.343 e. The van der Waals surface area contributed by atoms with Crippen molar-refractivity contribution in [3.63, 3.8) is 0 Å². The minimum absolute atomic E-state index is 0.651. The zero-order chi connectivity index (χ0) is 8.39. The van der Waals surface area contributed by atoms with Gasteiger partial charge in [-0.1, -0.05) is 0 Å². The Morgan fingerprint density at radius 1 is 1.42 bits per heavy atom. The van der Waals surface area contributed by atoms with Gasteiger partial charge in [-0.2, -0.15) is 0 Å². The lowest BCUT2D eigenvalue weighted by atomic mass is 10.2. The minimum Gasteiger partial charge on any atom is -0.343 e. The highest BCUT2D eigenvalue weighted by molar-refractivity contribution is 5.73. The molecule has 0 spiro atoms. The third-order valence-corrected chi connectivity index (χ3v) is 1.83. The maximum atomic E-state index is 5.47. The van der Waals surface area contributed by atoms with Crippen LogP contribution in [-0.2, 0) is 6.42 Å². The van der Waals surface area contributed by atoms with E-state index < -0.39 is 0 Å². The first-order valence-corrected chi connectivity index (χ1v) is 3.89. The molecule has 0 radical (unpaired) electrons. The second-order valence-corrected chi connectivity index (χ2v) is 2.61. The SMILES string of the molecule is NCCc1ccnc2nc[nH]c12. The number of hydrogen-bond donors (Lipinski definition) is 2. The summed E-state index contributed by atoms with van der Waals surface area (Å²) >= 11 is 0. The van der Waals surface area contributed by atoms with E-state index in [0.29, 0.717) is 6.54 Å². The molecule has 2 aromatic heterocycles. The molecule has 0 aromatic carbocycles. The number of aromatic amines is 1. The molecule has 0 aliphatic rings. The number of H-pyrrole nitrogens is 1. The molecule has 2 aromatic rings.